The molecule has 1 fully saturated rings. The topological polar surface area (TPSA) is 70.1 Å². The predicted octanol–water partition coefficient (Wildman–Crippen LogP) is 3.28. The van der Waals surface area contributed by atoms with E-state index >= 15 is 0 Å². The number of hydrogen-bond donors (Lipinski definition) is 1. The van der Waals surface area contributed by atoms with E-state index in [1.54, 1.807) is 16.7 Å². The van der Waals surface area contributed by atoms with E-state index in [2.05, 4.69) is 0 Å². The van der Waals surface area contributed by atoms with Crippen molar-refractivity contribution >= 4 is 29.2 Å². The van der Waals surface area contributed by atoms with Crippen molar-refractivity contribution in [1.29, 1.82) is 0 Å². The number of rotatable bonds is 7. The number of halogens is 4. The van der Waals surface area contributed by atoms with Crippen LogP contribution in [0.5, 0.6) is 0 Å². The van der Waals surface area contributed by atoms with Crippen LogP contribution in [-0.4, -0.2) is 60.8 Å². The van der Waals surface area contributed by atoms with Crippen molar-refractivity contribution in [3.05, 3.63) is 28.8 Å². The number of piperazine rings is 1. The first-order chi connectivity index (χ1) is 13.1. The predicted molar refractivity (Wildman–Crippen MR) is 97.5 cm³/mol. The zero-order valence-electron chi connectivity index (χ0n) is 15.5. The Morgan fingerprint density at radius 2 is 2.07 bits per heavy atom. The van der Waals surface area contributed by atoms with Gasteiger partial charge in [0.25, 0.3) is 0 Å². The zero-order chi connectivity index (χ0) is 21.1. The zero-order valence-corrected chi connectivity index (χ0v) is 16.3. The SMILES string of the molecule is COCC(CCC(=O)O)N1CCN(c2ccc(C(F)(F)F)c(Cl)c2)C(C)C1=O. The Kier molecular flexibility index (Phi) is 7.16. The quantitative estimate of drug-likeness (QED) is 0.730. The summed E-state index contributed by atoms with van der Waals surface area (Å²) in [6, 6.07) is 2.40. The summed E-state index contributed by atoms with van der Waals surface area (Å²) >= 11 is 5.79. The van der Waals surface area contributed by atoms with Gasteiger partial charge in [-0.3, -0.25) is 9.59 Å². The summed E-state index contributed by atoms with van der Waals surface area (Å²) in [7, 11) is 1.47. The maximum atomic E-state index is 12.9. The van der Waals surface area contributed by atoms with Gasteiger partial charge < -0.3 is 19.6 Å². The molecule has 10 heteroatoms. The van der Waals surface area contributed by atoms with Crippen LogP contribution in [0.15, 0.2) is 18.2 Å². The van der Waals surface area contributed by atoms with Gasteiger partial charge in [-0.1, -0.05) is 11.6 Å². The molecular formula is C18H22ClF3N2O4. The normalized spacial score (nSPS) is 19.1. The number of amides is 1. The van der Waals surface area contributed by atoms with E-state index in [1.807, 2.05) is 0 Å². The van der Waals surface area contributed by atoms with Crippen LogP contribution in [0.4, 0.5) is 18.9 Å². The summed E-state index contributed by atoms with van der Waals surface area (Å²) in [5.41, 5.74) is -0.503. The molecule has 28 heavy (non-hydrogen) atoms. The molecule has 2 unspecified atom stereocenters. The number of carboxylic acids is 1. The second-order valence-corrected chi connectivity index (χ2v) is 7.01. The van der Waals surface area contributed by atoms with Gasteiger partial charge in [0.2, 0.25) is 5.91 Å². The number of nitrogens with zero attached hydrogens (tertiary/aromatic N) is 2. The molecule has 1 heterocycles. The van der Waals surface area contributed by atoms with Crippen molar-refractivity contribution in [1.82, 2.24) is 4.90 Å². The maximum absolute atomic E-state index is 12.9. The molecule has 6 nitrogen and oxygen atoms in total. The molecule has 1 aliphatic rings. The average molecular weight is 423 g/mol. The smallest absolute Gasteiger partial charge is 0.417 e. The van der Waals surface area contributed by atoms with Gasteiger partial charge in [0.05, 0.1) is 23.2 Å². The van der Waals surface area contributed by atoms with Crippen LogP contribution in [0.1, 0.15) is 25.3 Å². The van der Waals surface area contributed by atoms with Crippen LogP contribution in [0.3, 0.4) is 0 Å². The highest BCUT2D eigenvalue weighted by atomic mass is 35.5. The van der Waals surface area contributed by atoms with Gasteiger partial charge in [-0.25, -0.2) is 0 Å². The first-order valence-corrected chi connectivity index (χ1v) is 9.08. The summed E-state index contributed by atoms with van der Waals surface area (Å²) in [6.07, 6.45) is -4.38. The number of hydrogen-bond acceptors (Lipinski definition) is 4. The molecule has 2 atom stereocenters. The Bertz CT molecular complexity index is 729. The number of ether oxygens (including phenoxy) is 1. The number of carboxylic acid groups (broad SMARTS) is 1. The molecule has 0 radical (unpaired) electrons. The molecule has 0 spiro atoms. The minimum absolute atomic E-state index is 0.0928. The highest BCUT2D eigenvalue weighted by molar-refractivity contribution is 6.31. The minimum atomic E-state index is -4.55. The van der Waals surface area contributed by atoms with Crippen LogP contribution in [0.25, 0.3) is 0 Å². The second kappa shape index (κ2) is 9.00. The Labute approximate surface area is 165 Å². The van der Waals surface area contributed by atoms with Crippen molar-refractivity contribution in [2.45, 2.75) is 38.0 Å². The molecule has 0 saturated carbocycles. The van der Waals surface area contributed by atoms with Gasteiger partial charge in [-0.15, -0.1) is 0 Å². The lowest BCUT2D eigenvalue weighted by atomic mass is 10.0. The Hall–Kier alpha value is -2.00. The van der Waals surface area contributed by atoms with Crippen molar-refractivity contribution < 1.29 is 32.6 Å². The van der Waals surface area contributed by atoms with Crippen LogP contribution in [0, 0.1) is 0 Å². The van der Waals surface area contributed by atoms with Crippen LogP contribution in [-0.2, 0) is 20.5 Å². The Morgan fingerprint density at radius 3 is 2.61 bits per heavy atom. The van der Waals surface area contributed by atoms with Crippen molar-refractivity contribution in [3.8, 4) is 0 Å². The van der Waals surface area contributed by atoms with E-state index in [9.17, 15) is 22.8 Å². The number of benzene rings is 1. The molecular weight excluding hydrogens is 401 g/mol. The lowest BCUT2D eigenvalue weighted by molar-refractivity contribution is -0.141. The van der Waals surface area contributed by atoms with E-state index in [0.717, 1.165) is 6.07 Å². The van der Waals surface area contributed by atoms with E-state index in [-0.39, 0.29) is 31.4 Å². The summed E-state index contributed by atoms with van der Waals surface area (Å²) in [6.45, 7) is 2.54. The molecule has 156 valence electrons. The molecule has 1 amide bonds. The molecule has 1 aromatic carbocycles. The van der Waals surface area contributed by atoms with Crippen LogP contribution < -0.4 is 4.90 Å². The second-order valence-electron chi connectivity index (χ2n) is 6.60. The summed E-state index contributed by atoms with van der Waals surface area (Å²) in [5.74, 6) is -1.20. The molecule has 1 saturated heterocycles. The Balaban J connectivity index is 2.17. The molecule has 1 aliphatic heterocycles. The third-order valence-electron chi connectivity index (χ3n) is 4.77. The number of carbonyl (C=O) groups excluding carboxylic acids is 1. The monoisotopic (exact) mass is 422 g/mol. The summed E-state index contributed by atoms with van der Waals surface area (Å²) < 4.78 is 43.8. The highest BCUT2D eigenvalue weighted by Gasteiger charge is 2.37. The average Bonchev–Trinajstić information content (AvgIpc) is 2.60. The molecule has 0 bridgehead atoms. The lowest BCUT2D eigenvalue weighted by Gasteiger charge is -2.43. The standard InChI is InChI=1S/C18H22ClF3N2O4/c1-11-17(27)24(13(10-28-2)4-6-16(25)26)8-7-23(11)12-3-5-14(15(19)9-12)18(20,21)22/h3,5,9,11,13H,4,6-8,10H2,1-2H3,(H,25,26). The number of anilines is 1. The first-order valence-electron chi connectivity index (χ1n) is 8.70. The largest absolute Gasteiger partial charge is 0.481 e. The summed E-state index contributed by atoms with van der Waals surface area (Å²) in [4.78, 5) is 27.0. The van der Waals surface area contributed by atoms with Gasteiger partial charge in [0.15, 0.2) is 0 Å². The van der Waals surface area contributed by atoms with E-state index in [4.69, 9.17) is 21.4 Å². The van der Waals surface area contributed by atoms with Gasteiger partial charge in [-0.05, 0) is 31.5 Å². The fourth-order valence-corrected chi connectivity index (χ4v) is 3.61. The Morgan fingerprint density at radius 1 is 1.39 bits per heavy atom. The number of carbonyl (C=O) groups is 2. The minimum Gasteiger partial charge on any atom is -0.481 e. The first kappa shape index (κ1) is 22.3. The van der Waals surface area contributed by atoms with Crippen molar-refractivity contribution in [2.75, 3.05) is 31.7 Å². The fraction of sp³-hybridized carbons (Fsp3) is 0.556. The van der Waals surface area contributed by atoms with Gasteiger partial charge in [0.1, 0.15) is 6.04 Å². The molecule has 1 aromatic rings. The van der Waals surface area contributed by atoms with Crippen molar-refractivity contribution in [3.63, 3.8) is 0 Å². The summed E-state index contributed by atoms with van der Waals surface area (Å²) in [5, 5.41) is 8.47. The third kappa shape index (κ3) is 5.08. The van der Waals surface area contributed by atoms with Crippen LogP contribution in [0.2, 0.25) is 5.02 Å². The fourth-order valence-electron chi connectivity index (χ4n) is 3.33. The molecule has 1 N–H and O–H groups in total. The van der Waals surface area contributed by atoms with Gasteiger partial charge in [0, 0.05) is 32.3 Å². The number of aliphatic carboxylic acids is 1. The van der Waals surface area contributed by atoms with Gasteiger partial charge in [-0.2, -0.15) is 13.2 Å². The number of alkyl halides is 3. The maximum Gasteiger partial charge on any atom is 0.417 e. The molecule has 0 aliphatic carbocycles. The van der Waals surface area contributed by atoms with Crippen LogP contribution >= 0.6 is 11.6 Å². The molecule has 2 rings (SSSR count). The lowest BCUT2D eigenvalue weighted by Crippen LogP contribution is -2.59. The highest BCUT2D eigenvalue weighted by Crippen LogP contribution is 2.37. The molecule has 0 aromatic heterocycles. The van der Waals surface area contributed by atoms with E-state index < -0.39 is 28.8 Å². The van der Waals surface area contributed by atoms with E-state index in [1.165, 1.54) is 19.2 Å². The van der Waals surface area contributed by atoms with E-state index in [0.29, 0.717) is 18.8 Å². The third-order valence-corrected chi connectivity index (χ3v) is 5.08. The number of methoxy groups -OCH3 is 1. The van der Waals surface area contributed by atoms with Gasteiger partial charge >= 0.3 is 12.1 Å². The van der Waals surface area contributed by atoms with Crippen molar-refractivity contribution in [2.24, 2.45) is 0 Å².